The van der Waals surface area contributed by atoms with Gasteiger partial charge in [-0.3, -0.25) is 0 Å². The minimum absolute atomic E-state index is 0.676. The Bertz CT molecular complexity index is 514. The van der Waals surface area contributed by atoms with Gasteiger partial charge in [0.2, 0.25) is 0 Å². The summed E-state index contributed by atoms with van der Waals surface area (Å²) in [7, 11) is 0. The lowest BCUT2D eigenvalue weighted by molar-refractivity contribution is 0.520. The number of nitrogens with zero attached hydrogens (tertiary/aromatic N) is 1. The van der Waals surface area contributed by atoms with Crippen molar-refractivity contribution in [1.82, 2.24) is 4.98 Å². The van der Waals surface area contributed by atoms with Gasteiger partial charge in [0, 0.05) is 6.42 Å². The molecule has 0 saturated heterocycles. The molecular weight excluding hydrogens is 200 g/mol. The predicted octanol–water partition coefficient (Wildman–Crippen LogP) is 2.64. The van der Waals surface area contributed by atoms with Crippen LogP contribution < -0.4 is 5.73 Å². The van der Waals surface area contributed by atoms with Gasteiger partial charge >= 0.3 is 0 Å². The van der Waals surface area contributed by atoms with E-state index >= 15 is 0 Å². The first-order valence-electron chi connectivity index (χ1n) is 5.69. The Balaban J connectivity index is 2.52. The van der Waals surface area contributed by atoms with E-state index in [1.165, 1.54) is 11.1 Å². The molecule has 2 rings (SSSR count). The van der Waals surface area contributed by atoms with E-state index < -0.39 is 0 Å². The van der Waals surface area contributed by atoms with Gasteiger partial charge < -0.3 is 10.2 Å². The second-order valence-corrected chi connectivity index (χ2v) is 4.31. The summed E-state index contributed by atoms with van der Waals surface area (Å²) in [4.78, 5) is 4.55. The minimum Gasteiger partial charge on any atom is -0.440 e. The molecule has 0 spiro atoms. The number of oxazole rings is 1. The molecule has 3 heteroatoms. The highest BCUT2D eigenvalue weighted by atomic mass is 16.3. The van der Waals surface area contributed by atoms with Crippen molar-refractivity contribution >= 4 is 11.1 Å². The second-order valence-electron chi connectivity index (χ2n) is 4.31. The number of hydrogen-bond acceptors (Lipinski definition) is 3. The van der Waals surface area contributed by atoms with Crippen LogP contribution in [0.4, 0.5) is 0 Å². The van der Waals surface area contributed by atoms with Crippen molar-refractivity contribution in [2.75, 3.05) is 6.54 Å². The molecule has 0 saturated carbocycles. The molecule has 0 radical (unpaired) electrons. The van der Waals surface area contributed by atoms with E-state index in [0.717, 1.165) is 35.4 Å². The summed E-state index contributed by atoms with van der Waals surface area (Å²) in [5.74, 6) is 0.803. The zero-order chi connectivity index (χ0) is 11.7. The number of nitrogens with two attached hydrogens (primary N) is 1. The quantitative estimate of drug-likeness (QED) is 0.861. The van der Waals surface area contributed by atoms with Gasteiger partial charge in [0.25, 0.3) is 0 Å². The maximum Gasteiger partial charge on any atom is 0.195 e. The maximum absolute atomic E-state index is 5.77. The Hall–Kier alpha value is -1.35. The summed E-state index contributed by atoms with van der Waals surface area (Å²) < 4.78 is 5.77. The molecule has 1 aromatic carbocycles. The number of fused-ring (bicyclic) bond motifs is 1. The maximum atomic E-state index is 5.77. The molecule has 2 N–H and O–H groups in total. The van der Waals surface area contributed by atoms with E-state index in [9.17, 15) is 0 Å². The van der Waals surface area contributed by atoms with Crippen molar-refractivity contribution in [3.05, 3.63) is 28.6 Å². The Morgan fingerprint density at radius 3 is 2.69 bits per heavy atom. The third-order valence-electron chi connectivity index (χ3n) is 3.00. The van der Waals surface area contributed by atoms with Gasteiger partial charge in [0.05, 0.1) is 0 Å². The zero-order valence-electron chi connectivity index (χ0n) is 10.1. The highest BCUT2D eigenvalue weighted by Gasteiger charge is 2.11. The van der Waals surface area contributed by atoms with E-state index in [4.69, 9.17) is 10.2 Å². The molecule has 0 aliphatic rings. The molecule has 0 aliphatic carbocycles. The van der Waals surface area contributed by atoms with Crippen LogP contribution >= 0.6 is 0 Å². The van der Waals surface area contributed by atoms with Gasteiger partial charge in [0.1, 0.15) is 5.52 Å². The lowest BCUT2D eigenvalue weighted by Crippen LogP contribution is -2.00. The third kappa shape index (κ3) is 1.83. The molecule has 0 unspecified atom stereocenters. The first-order chi connectivity index (χ1) is 7.63. The summed E-state index contributed by atoms with van der Waals surface area (Å²) in [6.45, 7) is 6.94. The van der Waals surface area contributed by atoms with Crippen LogP contribution in [-0.4, -0.2) is 11.5 Å². The molecule has 2 aromatic rings. The fourth-order valence-electron chi connectivity index (χ4n) is 1.93. The molecular formula is C13H18N2O. The number of hydrogen-bond donors (Lipinski definition) is 1. The van der Waals surface area contributed by atoms with Crippen LogP contribution in [0.2, 0.25) is 0 Å². The fourth-order valence-corrected chi connectivity index (χ4v) is 1.93. The molecule has 3 nitrogen and oxygen atoms in total. The summed E-state index contributed by atoms with van der Waals surface area (Å²) in [6, 6.07) is 2.15. The SMILES string of the molecule is Cc1cc(C)c2oc(CCCN)nc2c1C. The Labute approximate surface area is 95.7 Å². The first kappa shape index (κ1) is 11.1. The van der Waals surface area contributed by atoms with Crippen molar-refractivity contribution in [3.8, 4) is 0 Å². The smallest absolute Gasteiger partial charge is 0.195 e. The molecule has 16 heavy (non-hydrogen) atoms. The summed E-state index contributed by atoms with van der Waals surface area (Å²) in [5, 5.41) is 0. The van der Waals surface area contributed by atoms with E-state index in [0.29, 0.717) is 6.54 Å². The summed E-state index contributed by atoms with van der Waals surface area (Å²) >= 11 is 0. The predicted molar refractivity (Wildman–Crippen MR) is 65.6 cm³/mol. The minimum atomic E-state index is 0.676. The Morgan fingerprint density at radius 2 is 2.00 bits per heavy atom. The van der Waals surface area contributed by atoms with Gasteiger partial charge in [-0.15, -0.1) is 0 Å². The lowest BCUT2D eigenvalue weighted by atomic mass is 10.1. The van der Waals surface area contributed by atoms with Crippen LogP contribution in [0.5, 0.6) is 0 Å². The normalized spacial score (nSPS) is 11.2. The van der Waals surface area contributed by atoms with Crippen LogP contribution in [0.1, 0.15) is 29.0 Å². The molecule has 0 aliphatic heterocycles. The molecule has 0 fully saturated rings. The number of benzene rings is 1. The number of aryl methyl sites for hydroxylation is 4. The average Bonchev–Trinajstić information content (AvgIpc) is 2.68. The van der Waals surface area contributed by atoms with Gasteiger partial charge in [0.15, 0.2) is 11.5 Å². The van der Waals surface area contributed by atoms with E-state index in [-0.39, 0.29) is 0 Å². The third-order valence-corrected chi connectivity index (χ3v) is 3.00. The Kier molecular flexibility index (Phi) is 2.97. The zero-order valence-corrected chi connectivity index (χ0v) is 10.1. The second kappa shape index (κ2) is 4.26. The van der Waals surface area contributed by atoms with Crippen molar-refractivity contribution < 1.29 is 4.42 Å². The van der Waals surface area contributed by atoms with Crippen LogP contribution in [0.25, 0.3) is 11.1 Å². The molecule has 0 bridgehead atoms. The monoisotopic (exact) mass is 218 g/mol. The van der Waals surface area contributed by atoms with Gasteiger partial charge in [-0.25, -0.2) is 4.98 Å². The molecule has 1 heterocycles. The van der Waals surface area contributed by atoms with Crippen LogP contribution in [-0.2, 0) is 6.42 Å². The largest absolute Gasteiger partial charge is 0.440 e. The number of aromatic nitrogens is 1. The topological polar surface area (TPSA) is 52.0 Å². The fraction of sp³-hybridized carbons (Fsp3) is 0.462. The van der Waals surface area contributed by atoms with Crippen molar-refractivity contribution in [1.29, 1.82) is 0 Å². The van der Waals surface area contributed by atoms with Gasteiger partial charge in [-0.05, 0) is 50.4 Å². The van der Waals surface area contributed by atoms with Gasteiger partial charge in [-0.1, -0.05) is 6.07 Å². The van der Waals surface area contributed by atoms with Crippen molar-refractivity contribution in [3.63, 3.8) is 0 Å². The Morgan fingerprint density at radius 1 is 1.25 bits per heavy atom. The van der Waals surface area contributed by atoms with Crippen LogP contribution in [0.3, 0.4) is 0 Å². The number of rotatable bonds is 3. The van der Waals surface area contributed by atoms with Gasteiger partial charge in [-0.2, -0.15) is 0 Å². The first-order valence-corrected chi connectivity index (χ1v) is 5.69. The van der Waals surface area contributed by atoms with Crippen molar-refractivity contribution in [2.24, 2.45) is 5.73 Å². The van der Waals surface area contributed by atoms with Crippen molar-refractivity contribution in [2.45, 2.75) is 33.6 Å². The van der Waals surface area contributed by atoms with Crippen LogP contribution in [0.15, 0.2) is 10.5 Å². The van der Waals surface area contributed by atoms with E-state index in [1.54, 1.807) is 0 Å². The standard InChI is InChI=1S/C13H18N2O/c1-8-7-9(2)13-12(10(8)3)15-11(16-13)5-4-6-14/h7H,4-6,14H2,1-3H3. The molecule has 0 amide bonds. The molecule has 0 atom stereocenters. The van der Waals surface area contributed by atoms with E-state index in [1.807, 2.05) is 0 Å². The van der Waals surface area contributed by atoms with Crippen LogP contribution in [0, 0.1) is 20.8 Å². The summed E-state index contributed by atoms with van der Waals surface area (Å²) in [6.07, 6.45) is 1.74. The summed E-state index contributed by atoms with van der Waals surface area (Å²) in [5.41, 5.74) is 11.1. The highest BCUT2D eigenvalue weighted by Crippen LogP contribution is 2.26. The highest BCUT2D eigenvalue weighted by molar-refractivity contribution is 5.81. The molecule has 1 aromatic heterocycles. The average molecular weight is 218 g/mol. The molecule has 86 valence electrons. The lowest BCUT2D eigenvalue weighted by Gasteiger charge is -2.01. The van der Waals surface area contributed by atoms with E-state index in [2.05, 4.69) is 31.8 Å².